The molecular formula is C12H19BrN2O2S2. The van der Waals surface area contributed by atoms with Gasteiger partial charge in [-0.3, -0.25) is 0 Å². The van der Waals surface area contributed by atoms with Gasteiger partial charge >= 0.3 is 0 Å². The maximum absolute atomic E-state index is 12.4. The van der Waals surface area contributed by atoms with Gasteiger partial charge in [-0.15, -0.1) is 0 Å². The molecule has 0 heterocycles. The van der Waals surface area contributed by atoms with Gasteiger partial charge in [0.2, 0.25) is 10.0 Å². The van der Waals surface area contributed by atoms with E-state index in [9.17, 15) is 8.42 Å². The standard InChI is InChI=1S/C12H19BrN2O2S2/c1-8(7-18-3)15-19(16,17)12-5-10(6-14)4-11(13)9(12)2/h4-5,8,15H,6-7,14H2,1-3H3. The summed E-state index contributed by atoms with van der Waals surface area (Å²) in [7, 11) is -3.52. The molecule has 0 saturated carbocycles. The fourth-order valence-corrected chi connectivity index (χ4v) is 4.60. The highest BCUT2D eigenvalue weighted by molar-refractivity contribution is 9.10. The zero-order valence-corrected chi connectivity index (χ0v) is 14.5. The van der Waals surface area contributed by atoms with Crippen LogP contribution in [0.4, 0.5) is 0 Å². The summed E-state index contributed by atoms with van der Waals surface area (Å²) in [6, 6.07) is 3.37. The summed E-state index contributed by atoms with van der Waals surface area (Å²) in [6.07, 6.45) is 1.95. The zero-order valence-electron chi connectivity index (χ0n) is 11.2. The van der Waals surface area contributed by atoms with Gasteiger partial charge in [-0.25, -0.2) is 13.1 Å². The largest absolute Gasteiger partial charge is 0.326 e. The Bertz CT molecular complexity index is 547. The Morgan fingerprint density at radius 1 is 1.47 bits per heavy atom. The second-order valence-electron chi connectivity index (χ2n) is 4.38. The minimum atomic E-state index is -3.52. The summed E-state index contributed by atoms with van der Waals surface area (Å²) in [4.78, 5) is 0.287. The molecule has 19 heavy (non-hydrogen) atoms. The SMILES string of the molecule is CSCC(C)NS(=O)(=O)c1cc(CN)cc(Br)c1C. The van der Waals surface area contributed by atoms with E-state index in [0.29, 0.717) is 12.1 Å². The molecule has 0 aliphatic rings. The molecule has 1 atom stereocenters. The van der Waals surface area contributed by atoms with E-state index < -0.39 is 10.0 Å². The molecule has 0 aliphatic heterocycles. The molecular weight excluding hydrogens is 348 g/mol. The number of nitrogens with one attached hydrogen (secondary N) is 1. The van der Waals surface area contributed by atoms with Crippen LogP contribution in [0, 0.1) is 6.92 Å². The first-order valence-corrected chi connectivity index (χ1v) is 9.49. The Kier molecular flexibility index (Phi) is 6.32. The summed E-state index contributed by atoms with van der Waals surface area (Å²) < 4.78 is 28.2. The molecule has 0 aromatic heterocycles. The minimum absolute atomic E-state index is 0.111. The molecule has 108 valence electrons. The summed E-state index contributed by atoms with van der Waals surface area (Å²) >= 11 is 4.98. The second-order valence-corrected chi connectivity index (χ2v) is 7.83. The summed E-state index contributed by atoms with van der Waals surface area (Å²) in [5.41, 5.74) is 7.07. The number of thioether (sulfide) groups is 1. The van der Waals surface area contributed by atoms with Crippen molar-refractivity contribution in [2.75, 3.05) is 12.0 Å². The molecule has 3 N–H and O–H groups in total. The summed E-state index contributed by atoms with van der Waals surface area (Å²) in [6.45, 7) is 3.94. The molecule has 0 radical (unpaired) electrons. The number of hydrogen-bond donors (Lipinski definition) is 2. The highest BCUT2D eigenvalue weighted by Gasteiger charge is 2.21. The molecule has 0 amide bonds. The van der Waals surface area contributed by atoms with Crippen LogP contribution in [0.1, 0.15) is 18.1 Å². The smallest absolute Gasteiger partial charge is 0.241 e. The maximum atomic E-state index is 12.4. The van der Waals surface area contributed by atoms with Crippen molar-refractivity contribution in [1.29, 1.82) is 0 Å². The molecule has 4 nitrogen and oxygen atoms in total. The van der Waals surface area contributed by atoms with E-state index in [1.807, 2.05) is 19.2 Å². The zero-order chi connectivity index (χ0) is 14.6. The maximum Gasteiger partial charge on any atom is 0.241 e. The molecule has 0 bridgehead atoms. The molecule has 1 aromatic carbocycles. The molecule has 0 saturated heterocycles. The van der Waals surface area contributed by atoms with E-state index in [2.05, 4.69) is 20.7 Å². The number of rotatable bonds is 6. The van der Waals surface area contributed by atoms with Gasteiger partial charge in [0.15, 0.2) is 0 Å². The van der Waals surface area contributed by atoms with Crippen LogP contribution in [0.15, 0.2) is 21.5 Å². The number of nitrogens with two attached hydrogens (primary N) is 1. The van der Waals surface area contributed by atoms with E-state index in [1.165, 1.54) is 0 Å². The number of hydrogen-bond acceptors (Lipinski definition) is 4. The van der Waals surface area contributed by atoms with Gasteiger partial charge in [0.1, 0.15) is 0 Å². The van der Waals surface area contributed by atoms with E-state index in [0.717, 1.165) is 15.8 Å². The van der Waals surface area contributed by atoms with Crippen molar-refractivity contribution in [2.24, 2.45) is 5.73 Å². The fraction of sp³-hybridized carbons (Fsp3) is 0.500. The van der Waals surface area contributed by atoms with Crippen molar-refractivity contribution < 1.29 is 8.42 Å². The van der Waals surface area contributed by atoms with Crippen LogP contribution < -0.4 is 10.5 Å². The van der Waals surface area contributed by atoms with Crippen LogP contribution in [0.25, 0.3) is 0 Å². The van der Waals surface area contributed by atoms with Crippen molar-refractivity contribution in [3.63, 3.8) is 0 Å². The molecule has 1 aromatic rings. The Morgan fingerprint density at radius 2 is 2.11 bits per heavy atom. The molecule has 1 unspecified atom stereocenters. The van der Waals surface area contributed by atoms with Crippen molar-refractivity contribution in [2.45, 2.75) is 31.3 Å². The predicted molar refractivity (Wildman–Crippen MR) is 84.9 cm³/mol. The Labute approximate surface area is 127 Å². The van der Waals surface area contributed by atoms with Gasteiger partial charge in [-0.1, -0.05) is 15.9 Å². The van der Waals surface area contributed by atoms with Crippen LogP contribution in [0.5, 0.6) is 0 Å². The first kappa shape index (κ1) is 17.0. The van der Waals surface area contributed by atoms with Gasteiger partial charge in [0.25, 0.3) is 0 Å². The van der Waals surface area contributed by atoms with Gasteiger partial charge in [-0.2, -0.15) is 11.8 Å². The first-order valence-electron chi connectivity index (χ1n) is 5.82. The topological polar surface area (TPSA) is 72.2 Å². The normalized spacial score (nSPS) is 13.5. The van der Waals surface area contributed by atoms with Crippen molar-refractivity contribution in [1.82, 2.24) is 4.72 Å². The first-order chi connectivity index (χ1) is 8.81. The van der Waals surface area contributed by atoms with Crippen LogP contribution >= 0.6 is 27.7 Å². The highest BCUT2D eigenvalue weighted by atomic mass is 79.9. The predicted octanol–water partition coefficient (Wildman–Crippen LogP) is 2.25. The Hall–Kier alpha value is -0.0800. The lowest BCUT2D eigenvalue weighted by Gasteiger charge is -2.16. The molecule has 1 rings (SSSR count). The third-order valence-corrected chi connectivity index (χ3v) is 6.03. The summed E-state index contributed by atoms with van der Waals surface area (Å²) in [5.74, 6) is 0.732. The average Bonchev–Trinajstić information content (AvgIpc) is 2.31. The van der Waals surface area contributed by atoms with Crippen LogP contribution in [0.2, 0.25) is 0 Å². The lowest BCUT2D eigenvalue weighted by Crippen LogP contribution is -2.34. The highest BCUT2D eigenvalue weighted by Crippen LogP contribution is 2.25. The van der Waals surface area contributed by atoms with Gasteiger partial charge in [0.05, 0.1) is 4.90 Å². The van der Waals surface area contributed by atoms with Crippen molar-refractivity contribution in [3.05, 3.63) is 27.7 Å². The van der Waals surface area contributed by atoms with E-state index in [4.69, 9.17) is 5.73 Å². The van der Waals surface area contributed by atoms with Crippen LogP contribution in [0.3, 0.4) is 0 Å². The van der Waals surface area contributed by atoms with Crippen molar-refractivity contribution in [3.8, 4) is 0 Å². The van der Waals surface area contributed by atoms with Crippen LogP contribution in [-0.4, -0.2) is 26.5 Å². The van der Waals surface area contributed by atoms with Gasteiger partial charge in [0, 0.05) is 22.8 Å². The van der Waals surface area contributed by atoms with Crippen LogP contribution in [-0.2, 0) is 16.6 Å². The van der Waals surface area contributed by atoms with E-state index in [1.54, 1.807) is 24.8 Å². The lowest BCUT2D eigenvalue weighted by molar-refractivity contribution is 0.570. The fourth-order valence-electron chi connectivity index (χ4n) is 1.72. The third-order valence-electron chi connectivity index (χ3n) is 2.65. The van der Waals surface area contributed by atoms with Gasteiger partial charge in [-0.05, 0) is 43.4 Å². The van der Waals surface area contributed by atoms with E-state index in [-0.39, 0.29) is 10.9 Å². The Balaban J connectivity index is 3.17. The monoisotopic (exact) mass is 366 g/mol. The summed E-state index contributed by atoms with van der Waals surface area (Å²) in [5, 5.41) is 0. The third kappa shape index (κ3) is 4.46. The molecule has 0 aliphatic carbocycles. The number of sulfonamides is 1. The number of benzene rings is 1. The van der Waals surface area contributed by atoms with E-state index >= 15 is 0 Å². The average molecular weight is 367 g/mol. The minimum Gasteiger partial charge on any atom is -0.326 e. The Morgan fingerprint density at radius 3 is 2.63 bits per heavy atom. The number of halogens is 1. The van der Waals surface area contributed by atoms with Gasteiger partial charge < -0.3 is 5.73 Å². The van der Waals surface area contributed by atoms with Crippen molar-refractivity contribution >= 4 is 37.7 Å². The lowest BCUT2D eigenvalue weighted by atomic mass is 10.1. The molecule has 7 heteroatoms. The quantitative estimate of drug-likeness (QED) is 0.809. The molecule has 0 fully saturated rings. The second kappa shape index (κ2) is 7.08. The molecule has 0 spiro atoms.